The Morgan fingerprint density at radius 2 is 2.00 bits per heavy atom. The van der Waals surface area contributed by atoms with Crippen LogP contribution in [0.15, 0.2) is 18.2 Å². The van der Waals surface area contributed by atoms with Gasteiger partial charge in [-0.25, -0.2) is 0 Å². The Morgan fingerprint density at radius 1 is 1.21 bits per heavy atom. The van der Waals surface area contributed by atoms with Crippen LogP contribution in [0.2, 0.25) is 0 Å². The molecule has 2 aliphatic rings. The lowest BCUT2D eigenvalue weighted by atomic mass is 9.85. The number of carbonyl (C=O) groups excluding carboxylic acids is 1. The summed E-state index contributed by atoms with van der Waals surface area (Å²) in [4.78, 5) is 15.1. The molecule has 2 fully saturated rings. The van der Waals surface area contributed by atoms with Crippen LogP contribution < -0.4 is 20.1 Å². The molecule has 156 valence electrons. The predicted molar refractivity (Wildman–Crippen MR) is 112 cm³/mol. The van der Waals surface area contributed by atoms with Crippen molar-refractivity contribution < 1.29 is 14.3 Å². The van der Waals surface area contributed by atoms with Gasteiger partial charge in [0.1, 0.15) is 6.61 Å². The first kappa shape index (κ1) is 20.9. The zero-order valence-electron chi connectivity index (χ0n) is 17.5. The average molecular weight is 390 g/mol. The van der Waals surface area contributed by atoms with Crippen molar-refractivity contribution in [3.05, 3.63) is 18.2 Å². The topological polar surface area (TPSA) is 62.8 Å². The van der Waals surface area contributed by atoms with Gasteiger partial charge in [-0.2, -0.15) is 0 Å². The third kappa shape index (κ3) is 5.17. The summed E-state index contributed by atoms with van der Waals surface area (Å²) in [5.41, 5.74) is 0.750. The van der Waals surface area contributed by atoms with Gasteiger partial charge in [-0.1, -0.05) is 26.7 Å². The van der Waals surface area contributed by atoms with Crippen molar-refractivity contribution in [2.75, 3.05) is 38.7 Å². The smallest absolute Gasteiger partial charge is 0.241 e. The number of fused-ring (bicyclic) bond motifs is 1. The lowest BCUT2D eigenvalue weighted by Crippen LogP contribution is -2.39. The molecule has 6 heteroatoms. The van der Waals surface area contributed by atoms with Crippen molar-refractivity contribution >= 4 is 11.6 Å². The summed E-state index contributed by atoms with van der Waals surface area (Å²) in [7, 11) is 1.63. The van der Waals surface area contributed by atoms with Crippen LogP contribution in [0.4, 0.5) is 5.69 Å². The minimum Gasteiger partial charge on any atom is -0.493 e. The van der Waals surface area contributed by atoms with Crippen LogP contribution in [0.25, 0.3) is 0 Å². The number of nitrogens with one attached hydrogen (secondary N) is 2. The monoisotopic (exact) mass is 389 g/mol. The molecule has 1 heterocycles. The molecule has 0 bridgehead atoms. The van der Waals surface area contributed by atoms with Crippen molar-refractivity contribution in [1.82, 2.24) is 10.2 Å². The third-order valence-corrected chi connectivity index (χ3v) is 6.17. The molecule has 1 aliphatic carbocycles. The molecule has 28 heavy (non-hydrogen) atoms. The fourth-order valence-corrected chi connectivity index (χ4v) is 4.44. The van der Waals surface area contributed by atoms with Gasteiger partial charge < -0.3 is 25.0 Å². The summed E-state index contributed by atoms with van der Waals surface area (Å²) in [5.74, 6) is 2.05. The summed E-state index contributed by atoms with van der Waals surface area (Å²) in [6, 6.07) is 6.00. The summed E-state index contributed by atoms with van der Waals surface area (Å²) in [6.07, 6.45) is 5.95. The number of anilines is 1. The van der Waals surface area contributed by atoms with E-state index in [1.54, 1.807) is 7.11 Å². The summed E-state index contributed by atoms with van der Waals surface area (Å²) in [6.45, 7) is 7.75. The number of methoxy groups -OCH3 is 1. The largest absolute Gasteiger partial charge is 0.493 e. The Bertz CT molecular complexity index is 634. The number of likely N-dealkylation sites (N-methyl/N-ethyl adjacent to an activating group) is 1. The molecule has 3 rings (SSSR count). The van der Waals surface area contributed by atoms with Crippen LogP contribution >= 0.6 is 0 Å². The number of nitrogens with zero attached hydrogens (tertiary/aromatic N) is 1. The standard InChI is InChI=1S/C22H35N3O3/c1-4-25(5-2)12-13-28-21-15-17(10-11-20(21)27-3)23-22(26)19-14-16-8-6-7-9-18(16)24-19/h10-11,15-16,18-19,24H,4-9,12-14H2,1-3H3,(H,23,26). The number of rotatable bonds is 9. The maximum absolute atomic E-state index is 12.8. The quantitative estimate of drug-likeness (QED) is 0.679. The van der Waals surface area contributed by atoms with Gasteiger partial charge in [0, 0.05) is 24.3 Å². The van der Waals surface area contributed by atoms with E-state index in [9.17, 15) is 4.79 Å². The number of carbonyl (C=O) groups is 1. The van der Waals surface area contributed by atoms with E-state index in [0.29, 0.717) is 30.1 Å². The van der Waals surface area contributed by atoms with Gasteiger partial charge in [0.25, 0.3) is 0 Å². The van der Waals surface area contributed by atoms with E-state index in [-0.39, 0.29) is 11.9 Å². The van der Waals surface area contributed by atoms with Gasteiger partial charge in [-0.05, 0) is 50.4 Å². The van der Waals surface area contributed by atoms with Crippen LogP contribution in [-0.4, -0.2) is 56.2 Å². The zero-order chi connectivity index (χ0) is 19.9. The second-order valence-electron chi connectivity index (χ2n) is 7.84. The highest BCUT2D eigenvalue weighted by Gasteiger charge is 2.38. The second kappa shape index (κ2) is 10.1. The highest BCUT2D eigenvalue weighted by Crippen LogP contribution is 2.34. The molecule has 1 aliphatic heterocycles. The van der Waals surface area contributed by atoms with E-state index in [1.165, 1.54) is 25.7 Å². The van der Waals surface area contributed by atoms with Crippen molar-refractivity contribution in [1.29, 1.82) is 0 Å². The predicted octanol–water partition coefficient (Wildman–Crippen LogP) is 3.28. The Kier molecular flexibility index (Phi) is 7.57. The zero-order valence-corrected chi connectivity index (χ0v) is 17.5. The lowest BCUT2D eigenvalue weighted by Gasteiger charge is -2.24. The number of benzene rings is 1. The molecule has 1 aromatic carbocycles. The first-order valence-corrected chi connectivity index (χ1v) is 10.7. The molecule has 1 amide bonds. The maximum Gasteiger partial charge on any atom is 0.241 e. The van der Waals surface area contributed by atoms with Crippen LogP contribution in [0, 0.1) is 5.92 Å². The van der Waals surface area contributed by atoms with Crippen LogP contribution in [0.1, 0.15) is 46.0 Å². The molecule has 1 saturated carbocycles. The number of hydrogen-bond acceptors (Lipinski definition) is 5. The van der Waals surface area contributed by atoms with E-state index in [4.69, 9.17) is 9.47 Å². The summed E-state index contributed by atoms with van der Waals surface area (Å²) >= 11 is 0. The molecular formula is C22H35N3O3. The Labute approximate surface area is 169 Å². The van der Waals surface area contributed by atoms with Gasteiger partial charge in [0.15, 0.2) is 11.5 Å². The van der Waals surface area contributed by atoms with Gasteiger partial charge in [-0.3, -0.25) is 4.79 Å². The van der Waals surface area contributed by atoms with Crippen LogP contribution in [-0.2, 0) is 4.79 Å². The number of ether oxygens (including phenoxy) is 2. The highest BCUT2D eigenvalue weighted by atomic mass is 16.5. The van der Waals surface area contributed by atoms with E-state index in [2.05, 4.69) is 29.4 Å². The van der Waals surface area contributed by atoms with Crippen LogP contribution in [0.3, 0.4) is 0 Å². The number of amides is 1. The van der Waals surface area contributed by atoms with Crippen molar-refractivity contribution in [2.45, 2.75) is 58.0 Å². The molecule has 3 unspecified atom stereocenters. The fraction of sp³-hybridized carbons (Fsp3) is 0.682. The van der Waals surface area contributed by atoms with E-state index < -0.39 is 0 Å². The lowest BCUT2D eigenvalue weighted by molar-refractivity contribution is -0.117. The van der Waals surface area contributed by atoms with Crippen molar-refractivity contribution in [3.8, 4) is 11.5 Å². The molecule has 3 atom stereocenters. The molecule has 2 N–H and O–H groups in total. The van der Waals surface area contributed by atoms with Gasteiger partial charge >= 0.3 is 0 Å². The maximum atomic E-state index is 12.8. The normalized spacial score (nSPS) is 24.1. The van der Waals surface area contributed by atoms with E-state index in [1.807, 2.05) is 18.2 Å². The van der Waals surface area contributed by atoms with E-state index >= 15 is 0 Å². The molecule has 6 nitrogen and oxygen atoms in total. The Balaban J connectivity index is 1.58. The Morgan fingerprint density at radius 3 is 2.71 bits per heavy atom. The van der Waals surface area contributed by atoms with Gasteiger partial charge in [0.05, 0.1) is 13.2 Å². The second-order valence-corrected chi connectivity index (χ2v) is 7.84. The fourth-order valence-electron chi connectivity index (χ4n) is 4.44. The minimum absolute atomic E-state index is 0.0497. The molecule has 1 aromatic rings. The highest BCUT2D eigenvalue weighted by molar-refractivity contribution is 5.95. The minimum atomic E-state index is -0.0952. The average Bonchev–Trinajstić information content (AvgIpc) is 3.16. The van der Waals surface area contributed by atoms with Gasteiger partial charge in [0.2, 0.25) is 5.91 Å². The van der Waals surface area contributed by atoms with Crippen LogP contribution in [0.5, 0.6) is 11.5 Å². The molecule has 0 radical (unpaired) electrons. The molecule has 0 spiro atoms. The summed E-state index contributed by atoms with van der Waals surface area (Å²) < 4.78 is 11.4. The Hall–Kier alpha value is -1.79. The number of hydrogen-bond donors (Lipinski definition) is 2. The van der Waals surface area contributed by atoms with Crippen molar-refractivity contribution in [3.63, 3.8) is 0 Å². The molecular weight excluding hydrogens is 354 g/mol. The SMILES string of the molecule is CCN(CC)CCOc1cc(NC(=O)C2CC3CCCCC3N2)ccc1OC. The first-order chi connectivity index (χ1) is 13.6. The molecule has 1 saturated heterocycles. The van der Waals surface area contributed by atoms with Gasteiger partial charge in [-0.15, -0.1) is 0 Å². The third-order valence-electron chi connectivity index (χ3n) is 6.17. The first-order valence-electron chi connectivity index (χ1n) is 10.7. The van der Waals surface area contributed by atoms with Crippen molar-refractivity contribution in [2.24, 2.45) is 5.92 Å². The summed E-state index contributed by atoms with van der Waals surface area (Å²) in [5, 5.41) is 6.60. The van der Waals surface area contributed by atoms with E-state index in [0.717, 1.165) is 31.7 Å². The molecule has 0 aromatic heterocycles.